The van der Waals surface area contributed by atoms with E-state index in [1.54, 1.807) is 30.7 Å². The van der Waals surface area contributed by atoms with Gasteiger partial charge in [0, 0.05) is 31.3 Å². The van der Waals surface area contributed by atoms with Crippen LogP contribution in [0.5, 0.6) is 0 Å². The van der Waals surface area contributed by atoms with E-state index >= 15 is 0 Å². The molecule has 0 radical (unpaired) electrons. The van der Waals surface area contributed by atoms with Crippen molar-refractivity contribution in [2.75, 3.05) is 23.7 Å². The molecule has 0 saturated carbocycles. The molecule has 10 nitrogen and oxygen atoms in total. The van der Waals surface area contributed by atoms with Crippen LogP contribution in [0.4, 0.5) is 11.6 Å². The Hall–Kier alpha value is -3.95. The van der Waals surface area contributed by atoms with Crippen molar-refractivity contribution in [2.24, 2.45) is 5.92 Å². The number of hydrogen-bond donors (Lipinski definition) is 2. The second-order valence-electron chi connectivity index (χ2n) is 7.46. The molecule has 31 heavy (non-hydrogen) atoms. The summed E-state index contributed by atoms with van der Waals surface area (Å²) in [6, 6.07) is 11.0. The standard InChI is InChI=1S/C21H22N8O2/c22-17-12-18(25-21-26-19(27-29(17)21)16-5-3-11-31-16)28-9-6-14(7-10-28)20(30)24-13-15-4-1-2-8-23-15/h1-5,8,11-12,14H,6-7,9-10,13,22H2,(H,24,30). The van der Waals surface area contributed by atoms with Crippen molar-refractivity contribution in [2.45, 2.75) is 19.4 Å². The summed E-state index contributed by atoms with van der Waals surface area (Å²) in [6.45, 7) is 1.87. The summed E-state index contributed by atoms with van der Waals surface area (Å²) in [7, 11) is 0. The van der Waals surface area contributed by atoms with Gasteiger partial charge >= 0.3 is 0 Å². The van der Waals surface area contributed by atoms with Gasteiger partial charge in [-0.25, -0.2) is 0 Å². The highest BCUT2D eigenvalue weighted by Crippen LogP contribution is 2.25. The lowest BCUT2D eigenvalue weighted by Gasteiger charge is -2.32. The molecule has 4 aromatic rings. The van der Waals surface area contributed by atoms with Crippen molar-refractivity contribution >= 4 is 23.3 Å². The number of amides is 1. The summed E-state index contributed by atoms with van der Waals surface area (Å²) < 4.78 is 6.86. The van der Waals surface area contributed by atoms with Gasteiger partial charge in [0.25, 0.3) is 5.78 Å². The van der Waals surface area contributed by atoms with E-state index in [1.165, 1.54) is 4.52 Å². The molecule has 0 aromatic carbocycles. The van der Waals surface area contributed by atoms with E-state index in [9.17, 15) is 4.79 Å². The maximum atomic E-state index is 12.5. The van der Waals surface area contributed by atoms with Crippen LogP contribution in [0, 0.1) is 5.92 Å². The minimum atomic E-state index is -0.0281. The first kappa shape index (κ1) is 19.0. The Bertz CT molecular complexity index is 1180. The molecule has 5 rings (SSSR count). The lowest BCUT2D eigenvalue weighted by molar-refractivity contribution is -0.125. The van der Waals surface area contributed by atoms with Crippen LogP contribution in [0.25, 0.3) is 17.4 Å². The number of hydrogen-bond acceptors (Lipinski definition) is 8. The van der Waals surface area contributed by atoms with Gasteiger partial charge in [-0.05, 0) is 37.1 Å². The number of anilines is 2. The van der Waals surface area contributed by atoms with E-state index in [0.29, 0.717) is 42.8 Å². The minimum Gasteiger partial charge on any atom is -0.461 e. The average Bonchev–Trinajstić information content (AvgIpc) is 3.48. The van der Waals surface area contributed by atoms with Gasteiger partial charge in [0.05, 0.1) is 18.5 Å². The molecule has 5 heterocycles. The molecule has 4 aromatic heterocycles. The Morgan fingerprint density at radius 1 is 1.19 bits per heavy atom. The molecule has 0 unspecified atom stereocenters. The first-order valence-electron chi connectivity index (χ1n) is 10.2. The number of nitrogen functional groups attached to an aromatic ring is 1. The molecule has 1 aliphatic heterocycles. The molecule has 0 bridgehead atoms. The number of carbonyl (C=O) groups is 1. The number of carbonyl (C=O) groups excluding carboxylic acids is 1. The quantitative estimate of drug-likeness (QED) is 0.503. The smallest absolute Gasteiger partial charge is 0.256 e. The van der Waals surface area contributed by atoms with Crippen molar-refractivity contribution < 1.29 is 9.21 Å². The maximum absolute atomic E-state index is 12.5. The third-order valence-electron chi connectivity index (χ3n) is 5.43. The second-order valence-corrected chi connectivity index (χ2v) is 7.46. The molecular weight excluding hydrogens is 396 g/mol. The van der Waals surface area contributed by atoms with Crippen molar-refractivity contribution in [1.29, 1.82) is 0 Å². The third-order valence-corrected chi connectivity index (χ3v) is 5.43. The summed E-state index contributed by atoms with van der Waals surface area (Å²) in [5.41, 5.74) is 7.04. The number of aromatic nitrogens is 5. The number of pyridine rings is 1. The first-order valence-corrected chi connectivity index (χ1v) is 10.2. The van der Waals surface area contributed by atoms with Crippen LogP contribution >= 0.6 is 0 Å². The van der Waals surface area contributed by atoms with Gasteiger partial charge in [0.15, 0.2) is 5.76 Å². The molecular formula is C21H22N8O2. The Kier molecular flexibility index (Phi) is 4.95. The zero-order valence-corrected chi connectivity index (χ0v) is 16.8. The highest BCUT2D eigenvalue weighted by atomic mass is 16.3. The summed E-state index contributed by atoms with van der Waals surface area (Å²) >= 11 is 0. The molecule has 10 heteroatoms. The van der Waals surface area contributed by atoms with Crippen molar-refractivity contribution in [3.8, 4) is 11.6 Å². The van der Waals surface area contributed by atoms with Gasteiger partial charge in [0.1, 0.15) is 11.6 Å². The predicted octanol–water partition coefficient (Wildman–Crippen LogP) is 1.89. The number of nitrogens with one attached hydrogen (secondary N) is 1. The largest absolute Gasteiger partial charge is 0.461 e. The fraction of sp³-hybridized carbons (Fsp3) is 0.286. The van der Waals surface area contributed by atoms with E-state index < -0.39 is 0 Å². The average molecular weight is 418 g/mol. The highest BCUT2D eigenvalue weighted by molar-refractivity contribution is 5.79. The third kappa shape index (κ3) is 3.91. The molecule has 0 spiro atoms. The number of furan rings is 1. The van der Waals surface area contributed by atoms with E-state index in [-0.39, 0.29) is 11.8 Å². The van der Waals surface area contributed by atoms with Gasteiger partial charge in [-0.1, -0.05) is 6.07 Å². The van der Waals surface area contributed by atoms with Gasteiger partial charge in [-0.15, -0.1) is 5.10 Å². The van der Waals surface area contributed by atoms with Gasteiger partial charge in [-0.2, -0.15) is 14.5 Å². The van der Waals surface area contributed by atoms with Crippen LogP contribution in [0.1, 0.15) is 18.5 Å². The molecule has 0 aliphatic carbocycles. The Balaban J connectivity index is 1.24. The minimum absolute atomic E-state index is 0.0281. The number of rotatable bonds is 5. The number of fused-ring (bicyclic) bond motifs is 1. The lowest BCUT2D eigenvalue weighted by Crippen LogP contribution is -2.40. The van der Waals surface area contributed by atoms with Crippen LogP contribution in [0.2, 0.25) is 0 Å². The van der Waals surface area contributed by atoms with Crippen molar-refractivity contribution in [3.05, 3.63) is 54.6 Å². The fourth-order valence-corrected chi connectivity index (χ4v) is 3.75. The predicted molar refractivity (Wildman–Crippen MR) is 114 cm³/mol. The van der Waals surface area contributed by atoms with Gasteiger partial charge in [0.2, 0.25) is 11.7 Å². The monoisotopic (exact) mass is 418 g/mol. The van der Waals surface area contributed by atoms with Crippen LogP contribution in [-0.2, 0) is 11.3 Å². The Morgan fingerprint density at radius 3 is 2.81 bits per heavy atom. The SMILES string of the molecule is Nc1cc(N2CCC(C(=O)NCc3ccccn3)CC2)nc2nc(-c3ccco3)nn12. The summed E-state index contributed by atoms with van der Waals surface area (Å²) in [5, 5.41) is 7.36. The lowest BCUT2D eigenvalue weighted by atomic mass is 9.96. The van der Waals surface area contributed by atoms with Gasteiger partial charge in [-0.3, -0.25) is 9.78 Å². The fourth-order valence-electron chi connectivity index (χ4n) is 3.75. The van der Waals surface area contributed by atoms with Crippen LogP contribution in [0.3, 0.4) is 0 Å². The molecule has 0 atom stereocenters. The number of nitrogens with two attached hydrogens (primary N) is 1. The van der Waals surface area contributed by atoms with Crippen molar-refractivity contribution in [1.82, 2.24) is 29.9 Å². The second kappa shape index (κ2) is 8.05. The summed E-state index contributed by atoms with van der Waals surface area (Å²) in [4.78, 5) is 28.0. The number of nitrogens with zero attached hydrogens (tertiary/aromatic N) is 6. The Morgan fingerprint density at radius 2 is 2.06 bits per heavy atom. The zero-order valence-electron chi connectivity index (χ0n) is 16.8. The molecule has 1 aliphatic rings. The maximum Gasteiger partial charge on any atom is 0.256 e. The van der Waals surface area contributed by atoms with Crippen LogP contribution < -0.4 is 16.0 Å². The first-order chi connectivity index (χ1) is 15.2. The topological polar surface area (TPSA) is 127 Å². The molecule has 3 N–H and O–H groups in total. The molecule has 158 valence electrons. The molecule has 1 saturated heterocycles. The van der Waals surface area contributed by atoms with E-state index in [4.69, 9.17) is 10.2 Å². The summed E-state index contributed by atoms with van der Waals surface area (Å²) in [6.07, 6.45) is 4.78. The van der Waals surface area contributed by atoms with E-state index in [1.807, 2.05) is 18.2 Å². The normalized spacial score (nSPS) is 14.8. The highest BCUT2D eigenvalue weighted by Gasteiger charge is 2.26. The van der Waals surface area contributed by atoms with Crippen LogP contribution in [-0.4, -0.2) is 43.6 Å². The van der Waals surface area contributed by atoms with E-state index in [0.717, 1.165) is 24.4 Å². The van der Waals surface area contributed by atoms with Gasteiger partial charge < -0.3 is 20.4 Å². The zero-order chi connectivity index (χ0) is 21.2. The molecule has 1 fully saturated rings. The molecule has 1 amide bonds. The van der Waals surface area contributed by atoms with Crippen LogP contribution in [0.15, 0.2) is 53.3 Å². The summed E-state index contributed by atoms with van der Waals surface area (Å²) in [5.74, 6) is 2.62. The van der Waals surface area contributed by atoms with E-state index in [2.05, 4.69) is 30.3 Å². The Labute approximate surface area is 178 Å². The van der Waals surface area contributed by atoms with Crippen molar-refractivity contribution in [3.63, 3.8) is 0 Å². The number of piperidine rings is 1.